The van der Waals surface area contributed by atoms with Crippen molar-refractivity contribution in [1.82, 2.24) is 15.1 Å². The van der Waals surface area contributed by atoms with Gasteiger partial charge in [0.1, 0.15) is 0 Å². The van der Waals surface area contributed by atoms with Crippen LogP contribution in [0.25, 0.3) is 0 Å². The summed E-state index contributed by atoms with van der Waals surface area (Å²) in [5.74, 6) is 0.204. The summed E-state index contributed by atoms with van der Waals surface area (Å²) in [7, 11) is 0. The van der Waals surface area contributed by atoms with Gasteiger partial charge < -0.3 is 15.0 Å². The fraction of sp³-hybridized carbons (Fsp3) is 0.364. The summed E-state index contributed by atoms with van der Waals surface area (Å²) in [5, 5.41) is 3.71. The molecule has 3 aromatic carbocycles. The molecule has 2 amide bonds. The van der Waals surface area contributed by atoms with Gasteiger partial charge in [0.2, 0.25) is 0 Å². The number of morpholine rings is 1. The van der Waals surface area contributed by atoms with Crippen LogP contribution in [-0.2, 0) is 4.74 Å². The van der Waals surface area contributed by atoms with Crippen molar-refractivity contribution in [2.24, 2.45) is 0 Å². The number of thioether (sulfide) groups is 1. The van der Waals surface area contributed by atoms with E-state index < -0.39 is 0 Å². The fourth-order valence-corrected chi connectivity index (χ4v) is 6.03. The number of aryl methyl sites for hydroxylation is 1. The van der Waals surface area contributed by atoms with E-state index in [1.54, 1.807) is 0 Å². The Morgan fingerprint density at radius 1 is 0.949 bits per heavy atom. The molecule has 0 spiro atoms. The number of carbonyl (C=O) groups is 1. The Hall–Kier alpha value is -3.06. The maximum atomic E-state index is 13.6. The van der Waals surface area contributed by atoms with Crippen molar-refractivity contribution in [2.75, 3.05) is 32.7 Å². The van der Waals surface area contributed by atoms with Crippen LogP contribution in [0.4, 0.5) is 4.79 Å². The molecule has 2 unspecified atom stereocenters. The normalized spacial score (nSPS) is 17.6. The number of nitrogens with one attached hydrogen (secondary N) is 1. The van der Waals surface area contributed by atoms with Crippen LogP contribution >= 0.6 is 11.8 Å². The minimum atomic E-state index is -0.102. The number of hydrogen-bond acceptors (Lipinski definition) is 4. The monoisotopic (exact) mass is 543 g/mol. The van der Waals surface area contributed by atoms with Gasteiger partial charge in [0, 0.05) is 43.5 Å². The molecular weight excluding hydrogens is 502 g/mol. The first-order chi connectivity index (χ1) is 18.9. The van der Waals surface area contributed by atoms with E-state index in [1.165, 1.54) is 28.5 Å². The predicted octanol–water partition coefficient (Wildman–Crippen LogP) is 6.90. The summed E-state index contributed by atoms with van der Waals surface area (Å²) in [6.45, 7) is 14.3. The maximum Gasteiger partial charge on any atom is 0.322 e. The molecular formula is C33H41N3O2S. The summed E-state index contributed by atoms with van der Waals surface area (Å²) in [4.78, 5) is 19.1. The predicted molar refractivity (Wildman–Crippen MR) is 162 cm³/mol. The molecule has 6 heteroatoms. The molecule has 0 aliphatic carbocycles. The zero-order valence-corrected chi connectivity index (χ0v) is 24.2. The van der Waals surface area contributed by atoms with Gasteiger partial charge in [-0.15, -0.1) is 0 Å². The summed E-state index contributed by atoms with van der Waals surface area (Å²) in [5.41, 5.74) is 3.69. The van der Waals surface area contributed by atoms with Crippen LogP contribution in [-0.4, -0.2) is 60.8 Å². The van der Waals surface area contributed by atoms with Crippen molar-refractivity contribution in [3.8, 4) is 0 Å². The van der Waals surface area contributed by atoms with Crippen LogP contribution in [0.2, 0.25) is 0 Å². The molecule has 1 aliphatic heterocycles. The van der Waals surface area contributed by atoms with Gasteiger partial charge in [-0.05, 0) is 49.9 Å². The van der Waals surface area contributed by atoms with E-state index in [-0.39, 0.29) is 24.2 Å². The van der Waals surface area contributed by atoms with E-state index in [4.69, 9.17) is 4.74 Å². The summed E-state index contributed by atoms with van der Waals surface area (Å²) in [6.07, 6.45) is 1.22. The number of urea groups is 1. The molecule has 3 aromatic rings. The lowest BCUT2D eigenvalue weighted by molar-refractivity contribution is -0.0687. The van der Waals surface area contributed by atoms with Crippen LogP contribution in [0.1, 0.15) is 42.9 Å². The van der Waals surface area contributed by atoms with E-state index in [1.807, 2.05) is 29.2 Å². The van der Waals surface area contributed by atoms with E-state index in [0.29, 0.717) is 18.1 Å². The molecule has 206 valence electrons. The smallest absolute Gasteiger partial charge is 0.322 e. The topological polar surface area (TPSA) is 44.8 Å². The lowest BCUT2D eigenvalue weighted by Gasteiger charge is -2.36. The molecule has 4 rings (SSSR count). The molecule has 0 aromatic heterocycles. The molecule has 2 atom stereocenters. The van der Waals surface area contributed by atoms with Crippen LogP contribution in [0, 0.1) is 6.92 Å². The number of benzene rings is 3. The van der Waals surface area contributed by atoms with E-state index in [0.717, 1.165) is 31.0 Å². The second kappa shape index (κ2) is 14.4. The van der Waals surface area contributed by atoms with Gasteiger partial charge in [0.05, 0.1) is 17.2 Å². The molecule has 1 heterocycles. The Kier molecular flexibility index (Phi) is 10.7. The number of nitrogens with zero attached hydrogens (tertiary/aromatic N) is 2. The van der Waals surface area contributed by atoms with Crippen LogP contribution in [0.5, 0.6) is 0 Å². The summed E-state index contributed by atoms with van der Waals surface area (Å²) < 4.78 is 5.92. The Morgan fingerprint density at radius 2 is 1.51 bits per heavy atom. The third-order valence-corrected chi connectivity index (χ3v) is 8.16. The minimum Gasteiger partial charge on any atom is -0.373 e. The quantitative estimate of drug-likeness (QED) is 0.267. The van der Waals surface area contributed by atoms with Gasteiger partial charge in [0.15, 0.2) is 0 Å². The standard InChI is InChI=1S/C33H41N3O2S/c1-25-13-11-12-18-32(25)39-28(4)34-33(37)36(22-21-35-23-26(2)38-27(3)24-35)20-19-31(29-14-7-5-8-15-29)30-16-9-6-10-17-30/h5-18,26-27,31H,4,19-24H2,1-3H3,(H,34,37). The van der Waals surface area contributed by atoms with E-state index in [2.05, 4.69) is 98.2 Å². The Labute approximate surface area is 238 Å². The largest absolute Gasteiger partial charge is 0.373 e. The number of carbonyl (C=O) groups excluding carboxylic acids is 1. The molecule has 0 saturated carbocycles. The van der Waals surface area contributed by atoms with Crippen molar-refractivity contribution in [3.05, 3.63) is 113 Å². The Balaban J connectivity index is 1.47. The number of ether oxygens (including phenoxy) is 1. The van der Waals surface area contributed by atoms with Gasteiger partial charge in [-0.3, -0.25) is 4.90 Å². The van der Waals surface area contributed by atoms with Crippen molar-refractivity contribution >= 4 is 17.8 Å². The number of amides is 2. The zero-order valence-electron chi connectivity index (χ0n) is 23.4. The molecule has 0 radical (unpaired) electrons. The van der Waals surface area contributed by atoms with Gasteiger partial charge >= 0.3 is 6.03 Å². The van der Waals surface area contributed by atoms with Crippen LogP contribution in [0.15, 0.2) is 101 Å². The average Bonchev–Trinajstić information content (AvgIpc) is 2.92. The number of rotatable bonds is 11. The highest BCUT2D eigenvalue weighted by Crippen LogP contribution is 2.29. The Bertz CT molecular complexity index is 1150. The van der Waals surface area contributed by atoms with Gasteiger partial charge in [-0.25, -0.2) is 4.79 Å². The SMILES string of the molecule is C=C(NC(=O)N(CCC(c1ccccc1)c1ccccc1)CCN1CC(C)OC(C)C1)Sc1ccccc1C. The number of hydrogen-bond donors (Lipinski definition) is 1. The Morgan fingerprint density at radius 3 is 2.10 bits per heavy atom. The lowest BCUT2D eigenvalue weighted by atomic mass is 9.88. The van der Waals surface area contributed by atoms with Crippen molar-refractivity contribution in [1.29, 1.82) is 0 Å². The highest BCUT2D eigenvalue weighted by atomic mass is 32.2. The highest BCUT2D eigenvalue weighted by Gasteiger charge is 2.24. The highest BCUT2D eigenvalue weighted by molar-refractivity contribution is 8.03. The van der Waals surface area contributed by atoms with Crippen LogP contribution in [0.3, 0.4) is 0 Å². The summed E-state index contributed by atoms with van der Waals surface area (Å²) >= 11 is 1.50. The second-order valence-corrected chi connectivity index (χ2v) is 11.5. The molecule has 39 heavy (non-hydrogen) atoms. The molecule has 1 aliphatic rings. The van der Waals surface area contributed by atoms with Gasteiger partial charge in [0.25, 0.3) is 0 Å². The maximum absolute atomic E-state index is 13.6. The van der Waals surface area contributed by atoms with Crippen molar-refractivity contribution in [3.63, 3.8) is 0 Å². The van der Waals surface area contributed by atoms with Gasteiger partial charge in [-0.1, -0.05) is 97.2 Å². The molecule has 1 N–H and O–H groups in total. The average molecular weight is 544 g/mol. The zero-order chi connectivity index (χ0) is 27.6. The first kappa shape index (κ1) is 28.9. The van der Waals surface area contributed by atoms with Crippen molar-refractivity contribution in [2.45, 2.75) is 50.2 Å². The first-order valence-electron chi connectivity index (χ1n) is 13.8. The molecule has 1 fully saturated rings. The van der Waals surface area contributed by atoms with Crippen molar-refractivity contribution < 1.29 is 9.53 Å². The molecule has 1 saturated heterocycles. The van der Waals surface area contributed by atoms with Crippen LogP contribution < -0.4 is 5.32 Å². The molecule has 5 nitrogen and oxygen atoms in total. The fourth-order valence-electron chi connectivity index (χ4n) is 5.25. The minimum absolute atomic E-state index is 0.102. The van der Waals surface area contributed by atoms with E-state index >= 15 is 0 Å². The van der Waals surface area contributed by atoms with Gasteiger partial charge in [-0.2, -0.15) is 0 Å². The second-order valence-electron chi connectivity index (χ2n) is 10.4. The molecule has 0 bridgehead atoms. The lowest BCUT2D eigenvalue weighted by Crippen LogP contribution is -2.49. The van der Waals surface area contributed by atoms with E-state index in [9.17, 15) is 4.79 Å². The third kappa shape index (κ3) is 8.72. The first-order valence-corrected chi connectivity index (χ1v) is 14.7. The third-order valence-electron chi connectivity index (χ3n) is 7.13. The summed E-state index contributed by atoms with van der Waals surface area (Å²) in [6, 6.07) is 29.2.